The lowest BCUT2D eigenvalue weighted by molar-refractivity contribution is -0.114. The van der Waals surface area contributed by atoms with Gasteiger partial charge >= 0.3 is 0 Å². The van der Waals surface area contributed by atoms with Gasteiger partial charge in [0.15, 0.2) is 5.78 Å². The molecule has 0 aliphatic rings. The van der Waals surface area contributed by atoms with Crippen molar-refractivity contribution in [3.05, 3.63) is 90.0 Å². The van der Waals surface area contributed by atoms with Gasteiger partial charge in [0.25, 0.3) is 5.91 Å². The average Bonchev–Trinajstić information content (AvgIpc) is 2.73. The van der Waals surface area contributed by atoms with Crippen molar-refractivity contribution in [2.45, 2.75) is 6.92 Å². The van der Waals surface area contributed by atoms with Crippen LogP contribution in [0.15, 0.2) is 78.9 Å². The number of amides is 2. The highest BCUT2D eigenvalue weighted by molar-refractivity contribution is 6.10. The summed E-state index contributed by atoms with van der Waals surface area (Å²) in [5.74, 6) is -0.611. The van der Waals surface area contributed by atoms with Gasteiger partial charge in [-0.05, 0) is 55.5 Å². The molecule has 0 atom stereocenters. The molecule has 0 heterocycles. The van der Waals surface area contributed by atoms with E-state index in [4.69, 9.17) is 0 Å². The Balaban J connectivity index is 1.61. The smallest absolute Gasteiger partial charge is 0.257 e. The predicted molar refractivity (Wildman–Crippen MR) is 114 cm³/mol. The number of hydrogen-bond donors (Lipinski definition) is 3. The third-order valence-electron chi connectivity index (χ3n) is 4.22. The minimum atomic E-state index is -0.306. The lowest BCUT2D eigenvalue weighted by atomic mass is 10.1. The van der Waals surface area contributed by atoms with Crippen molar-refractivity contribution in [3.63, 3.8) is 0 Å². The van der Waals surface area contributed by atoms with Crippen LogP contribution in [0.4, 0.5) is 17.1 Å². The molecule has 3 aromatic rings. The standard InChI is InChI=1S/C23H21N3O3/c1-16(27)17-11-13-18(14-12-17)24-15-22(28)26-21-10-6-5-9-20(21)23(29)25-19-7-3-2-4-8-19/h2-14,24H,15H2,1H3,(H,25,29)(H,26,28). The first kappa shape index (κ1) is 19.8. The molecule has 6 heteroatoms. The normalized spacial score (nSPS) is 10.1. The zero-order valence-electron chi connectivity index (χ0n) is 15.9. The molecule has 0 aliphatic heterocycles. The molecule has 0 aliphatic carbocycles. The van der Waals surface area contributed by atoms with Gasteiger partial charge in [-0.3, -0.25) is 14.4 Å². The number of hydrogen-bond acceptors (Lipinski definition) is 4. The van der Waals surface area contributed by atoms with Crippen molar-refractivity contribution in [2.75, 3.05) is 22.5 Å². The number of para-hydroxylation sites is 2. The van der Waals surface area contributed by atoms with E-state index in [1.165, 1.54) is 6.92 Å². The number of ketones is 1. The van der Waals surface area contributed by atoms with Gasteiger partial charge in [-0.1, -0.05) is 30.3 Å². The molecule has 146 valence electrons. The maximum atomic E-state index is 12.6. The predicted octanol–water partition coefficient (Wildman–Crippen LogP) is 4.19. The molecular weight excluding hydrogens is 366 g/mol. The zero-order valence-corrected chi connectivity index (χ0v) is 15.9. The Hall–Kier alpha value is -3.93. The van der Waals surface area contributed by atoms with E-state index in [2.05, 4.69) is 16.0 Å². The maximum absolute atomic E-state index is 12.6. The second-order valence-corrected chi connectivity index (χ2v) is 6.40. The summed E-state index contributed by atoms with van der Waals surface area (Å²) in [6.07, 6.45) is 0. The number of carbonyl (C=O) groups is 3. The van der Waals surface area contributed by atoms with Crippen LogP contribution in [-0.2, 0) is 4.79 Å². The molecule has 0 radical (unpaired) electrons. The molecule has 3 aromatic carbocycles. The fraction of sp³-hybridized carbons (Fsp3) is 0.0870. The third-order valence-corrected chi connectivity index (χ3v) is 4.22. The first-order valence-electron chi connectivity index (χ1n) is 9.13. The van der Waals surface area contributed by atoms with E-state index < -0.39 is 0 Å². The summed E-state index contributed by atoms with van der Waals surface area (Å²) < 4.78 is 0. The Morgan fingerprint density at radius 1 is 0.724 bits per heavy atom. The molecule has 6 nitrogen and oxygen atoms in total. The van der Waals surface area contributed by atoms with Crippen LogP contribution in [0.3, 0.4) is 0 Å². The van der Waals surface area contributed by atoms with Gasteiger partial charge in [-0.15, -0.1) is 0 Å². The monoisotopic (exact) mass is 387 g/mol. The Morgan fingerprint density at radius 2 is 1.38 bits per heavy atom. The molecule has 0 unspecified atom stereocenters. The highest BCUT2D eigenvalue weighted by atomic mass is 16.2. The molecule has 29 heavy (non-hydrogen) atoms. The van der Waals surface area contributed by atoms with Crippen LogP contribution in [0.1, 0.15) is 27.6 Å². The zero-order chi connectivity index (χ0) is 20.6. The van der Waals surface area contributed by atoms with Crippen LogP contribution >= 0.6 is 0 Å². The van der Waals surface area contributed by atoms with Crippen LogP contribution in [-0.4, -0.2) is 24.1 Å². The molecule has 0 spiro atoms. The number of Topliss-reactive ketones (excluding diaryl/α,β-unsaturated/α-hetero) is 1. The van der Waals surface area contributed by atoms with Gasteiger partial charge in [0, 0.05) is 16.9 Å². The van der Waals surface area contributed by atoms with Crippen LogP contribution < -0.4 is 16.0 Å². The summed E-state index contributed by atoms with van der Waals surface area (Å²) in [6.45, 7) is 1.52. The van der Waals surface area contributed by atoms with E-state index in [0.717, 1.165) is 5.69 Å². The average molecular weight is 387 g/mol. The Bertz CT molecular complexity index is 1020. The van der Waals surface area contributed by atoms with Gasteiger partial charge in [0.1, 0.15) is 0 Å². The molecule has 0 fully saturated rings. The SMILES string of the molecule is CC(=O)c1ccc(NCC(=O)Nc2ccccc2C(=O)Nc2ccccc2)cc1. The molecule has 0 saturated carbocycles. The number of rotatable bonds is 7. The highest BCUT2D eigenvalue weighted by Crippen LogP contribution is 2.17. The second-order valence-electron chi connectivity index (χ2n) is 6.40. The van der Waals surface area contributed by atoms with Gasteiger partial charge in [0.2, 0.25) is 5.91 Å². The molecule has 3 N–H and O–H groups in total. The number of carbonyl (C=O) groups excluding carboxylic acids is 3. The molecular formula is C23H21N3O3. The second kappa shape index (κ2) is 9.32. The van der Waals surface area contributed by atoms with Crippen molar-refractivity contribution < 1.29 is 14.4 Å². The Morgan fingerprint density at radius 3 is 2.07 bits per heavy atom. The van der Waals surface area contributed by atoms with E-state index >= 15 is 0 Å². The van der Waals surface area contributed by atoms with Crippen molar-refractivity contribution in [2.24, 2.45) is 0 Å². The van der Waals surface area contributed by atoms with Crippen LogP contribution in [0.5, 0.6) is 0 Å². The Kier molecular flexibility index (Phi) is 6.37. The largest absolute Gasteiger partial charge is 0.376 e. The van der Waals surface area contributed by atoms with E-state index in [1.54, 1.807) is 60.7 Å². The van der Waals surface area contributed by atoms with Gasteiger partial charge in [0.05, 0.1) is 17.8 Å². The molecule has 0 bridgehead atoms. The topological polar surface area (TPSA) is 87.3 Å². The summed E-state index contributed by atoms with van der Waals surface area (Å²) in [5.41, 5.74) is 2.81. The maximum Gasteiger partial charge on any atom is 0.257 e. The summed E-state index contributed by atoms with van der Waals surface area (Å²) in [5, 5.41) is 8.57. The van der Waals surface area contributed by atoms with Gasteiger partial charge in [-0.2, -0.15) is 0 Å². The molecule has 0 saturated heterocycles. The van der Waals surface area contributed by atoms with Crippen LogP contribution in [0.25, 0.3) is 0 Å². The van der Waals surface area contributed by atoms with Gasteiger partial charge < -0.3 is 16.0 Å². The summed E-state index contributed by atoms with van der Waals surface area (Å²) in [4.78, 5) is 36.2. The van der Waals surface area contributed by atoms with Crippen molar-refractivity contribution in [1.82, 2.24) is 0 Å². The molecule has 0 aromatic heterocycles. The van der Waals surface area contributed by atoms with Crippen molar-refractivity contribution in [1.29, 1.82) is 0 Å². The van der Waals surface area contributed by atoms with Crippen molar-refractivity contribution >= 4 is 34.7 Å². The van der Waals surface area contributed by atoms with E-state index in [-0.39, 0.29) is 24.1 Å². The highest BCUT2D eigenvalue weighted by Gasteiger charge is 2.13. The minimum absolute atomic E-state index is 0.0142. The summed E-state index contributed by atoms with van der Waals surface area (Å²) in [6, 6.07) is 22.8. The lowest BCUT2D eigenvalue weighted by Gasteiger charge is -2.12. The quantitative estimate of drug-likeness (QED) is 0.531. The minimum Gasteiger partial charge on any atom is -0.376 e. The summed E-state index contributed by atoms with van der Waals surface area (Å²) >= 11 is 0. The van der Waals surface area contributed by atoms with E-state index in [0.29, 0.717) is 22.5 Å². The third kappa shape index (κ3) is 5.52. The van der Waals surface area contributed by atoms with Crippen molar-refractivity contribution in [3.8, 4) is 0 Å². The summed E-state index contributed by atoms with van der Waals surface area (Å²) in [7, 11) is 0. The van der Waals surface area contributed by atoms with Crippen LogP contribution in [0, 0.1) is 0 Å². The van der Waals surface area contributed by atoms with Gasteiger partial charge in [-0.25, -0.2) is 0 Å². The number of nitrogens with one attached hydrogen (secondary N) is 3. The molecule has 3 rings (SSSR count). The first-order valence-corrected chi connectivity index (χ1v) is 9.13. The number of anilines is 3. The van der Waals surface area contributed by atoms with E-state index in [9.17, 15) is 14.4 Å². The fourth-order valence-corrected chi connectivity index (χ4v) is 2.71. The fourth-order valence-electron chi connectivity index (χ4n) is 2.71. The van der Waals surface area contributed by atoms with Crippen LogP contribution in [0.2, 0.25) is 0 Å². The molecule has 2 amide bonds. The first-order chi connectivity index (χ1) is 14.0. The Labute approximate surface area is 169 Å². The number of benzene rings is 3. The lowest BCUT2D eigenvalue weighted by Crippen LogP contribution is -2.24. The van der Waals surface area contributed by atoms with E-state index in [1.807, 2.05) is 18.2 Å².